The highest BCUT2D eigenvalue weighted by molar-refractivity contribution is 6.27. The summed E-state index contributed by atoms with van der Waals surface area (Å²) in [6.45, 7) is 1.30. The third kappa shape index (κ3) is 1.98. The molecule has 4 nitrogen and oxygen atoms in total. The van der Waals surface area contributed by atoms with E-state index in [-0.39, 0.29) is 29.4 Å². The lowest BCUT2D eigenvalue weighted by molar-refractivity contribution is -0.120. The molecule has 86 valence electrons. The van der Waals surface area contributed by atoms with Gasteiger partial charge < -0.3 is 15.2 Å². The highest BCUT2D eigenvalue weighted by Gasteiger charge is 2.55. The standard InChI is InChI=1S/C10H16ClNO3/c11-3-8(14)12-5-10-2-1-9(4-10,6-13)7-15-10/h13H,1-7H2,(H,12,14). The van der Waals surface area contributed by atoms with Crippen LogP contribution in [0.2, 0.25) is 0 Å². The van der Waals surface area contributed by atoms with E-state index in [1.54, 1.807) is 0 Å². The van der Waals surface area contributed by atoms with E-state index in [1.165, 1.54) is 0 Å². The largest absolute Gasteiger partial charge is 0.396 e. The summed E-state index contributed by atoms with van der Waals surface area (Å²) in [6, 6.07) is 0. The minimum absolute atomic E-state index is 0.0127. The maximum Gasteiger partial charge on any atom is 0.235 e. The van der Waals surface area contributed by atoms with Gasteiger partial charge in [-0.05, 0) is 19.3 Å². The van der Waals surface area contributed by atoms with Crippen molar-refractivity contribution in [2.24, 2.45) is 5.41 Å². The van der Waals surface area contributed by atoms with Crippen LogP contribution in [0.5, 0.6) is 0 Å². The summed E-state index contributed by atoms with van der Waals surface area (Å²) in [6.07, 6.45) is 2.75. The van der Waals surface area contributed by atoms with Crippen LogP contribution in [0.25, 0.3) is 0 Å². The molecule has 0 radical (unpaired) electrons. The lowest BCUT2D eigenvalue weighted by Gasteiger charge is -2.27. The zero-order valence-electron chi connectivity index (χ0n) is 8.59. The third-order valence-electron chi connectivity index (χ3n) is 3.56. The fourth-order valence-electron chi connectivity index (χ4n) is 2.60. The van der Waals surface area contributed by atoms with Gasteiger partial charge in [0.25, 0.3) is 0 Å². The van der Waals surface area contributed by atoms with Crippen molar-refractivity contribution in [2.75, 3.05) is 25.6 Å². The van der Waals surface area contributed by atoms with Crippen LogP contribution in [0, 0.1) is 5.41 Å². The molecular formula is C10H16ClNO3. The molecule has 1 heterocycles. The minimum Gasteiger partial charge on any atom is -0.396 e. The Bertz CT molecular complexity index is 261. The number of ether oxygens (including phenoxy) is 1. The van der Waals surface area contributed by atoms with Gasteiger partial charge in [-0.3, -0.25) is 4.79 Å². The quantitative estimate of drug-likeness (QED) is 0.686. The smallest absolute Gasteiger partial charge is 0.235 e. The molecule has 2 bridgehead atoms. The van der Waals surface area contributed by atoms with Crippen molar-refractivity contribution in [1.29, 1.82) is 0 Å². The maximum absolute atomic E-state index is 11.0. The van der Waals surface area contributed by atoms with Crippen molar-refractivity contribution < 1.29 is 14.6 Å². The summed E-state index contributed by atoms with van der Waals surface area (Å²) in [5, 5.41) is 12.0. The first-order valence-corrected chi connectivity index (χ1v) is 5.75. The van der Waals surface area contributed by atoms with Gasteiger partial charge in [-0.1, -0.05) is 0 Å². The first-order valence-electron chi connectivity index (χ1n) is 5.21. The molecule has 0 spiro atoms. The Morgan fingerprint density at radius 3 is 2.80 bits per heavy atom. The first kappa shape index (κ1) is 11.2. The predicted octanol–water partition coefficient (Wildman–Crippen LogP) is 0.273. The Labute approximate surface area is 93.9 Å². The molecule has 1 saturated heterocycles. The van der Waals surface area contributed by atoms with Crippen LogP contribution in [0.4, 0.5) is 0 Å². The number of carbonyl (C=O) groups excluding carboxylic acids is 1. The van der Waals surface area contributed by atoms with E-state index in [4.69, 9.17) is 16.3 Å². The lowest BCUT2D eigenvalue weighted by atomic mass is 9.89. The molecule has 2 N–H and O–H groups in total. The zero-order valence-corrected chi connectivity index (χ0v) is 9.35. The molecule has 0 aromatic carbocycles. The molecule has 1 saturated carbocycles. The Morgan fingerprint density at radius 2 is 2.33 bits per heavy atom. The highest BCUT2D eigenvalue weighted by atomic mass is 35.5. The van der Waals surface area contributed by atoms with Gasteiger partial charge in [0.05, 0.1) is 18.8 Å². The van der Waals surface area contributed by atoms with Crippen molar-refractivity contribution in [1.82, 2.24) is 5.32 Å². The molecule has 1 aliphatic carbocycles. The van der Waals surface area contributed by atoms with Crippen LogP contribution < -0.4 is 5.32 Å². The van der Waals surface area contributed by atoms with Gasteiger partial charge in [0.1, 0.15) is 5.88 Å². The van der Waals surface area contributed by atoms with E-state index in [1.807, 2.05) is 0 Å². The number of alkyl halides is 1. The summed E-state index contributed by atoms with van der Waals surface area (Å²) < 4.78 is 5.71. The predicted molar refractivity (Wildman–Crippen MR) is 55.8 cm³/mol. The summed E-state index contributed by atoms with van der Waals surface area (Å²) >= 11 is 5.40. The molecule has 1 amide bonds. The number of hydrogen-bond acceptors (Lipinski definition) is 3. The fraction of sp³-hybridized carbons (Fsp3) is 0.900. The normalized spacial score (nSPS) is 38.3. The number of carbonyl (C=O) groups is 1. The number of halogens is 1. The molecular weight excluding hydrogens is 218 g/mol. The number of rotatable bonds is 4. The van der Waals surface area contributed by atoms with E-state index in [0.717, 1.165) is 19.3 Å². The molecule has 0 aromatic heterocycles. The Kier molecular flexibility index (Phi) is 2.92. The molecule has 1 aliphatic heterocycles. The molecule has 2 aliphatic rings. The maximum atomic E-state index is 11.0. The average Bonchev–Trinajstić information content (AvgIpc) is 2.83. The topological polar surface area (TPSA) is 58.6 Å². The summed E-state index contributed by atoms with van der Waals surface area (Å²) in [4.78, 5) is 11.0. The number of hydrogen-bond donors (Lipinski definition) is 2. The second-order valence-electron chi connectivity index (χ2n) is 4.72. The SMILES string of the molecule is O=C(CCl)NCC12CCC(CO)(CO1)C2. The lowest BCUT2D eigenvalue weighted by Crippen LogP contribution is -2.42. The number of aliphatic hydroxyl groups is 1. The van der Waals surface area contributed by atoms with E-state index in [9.17, 15) is 9.90 Å². The second-order valence-corrected chi connectivity index (χ2v) is 4.98. The van der Waals surface area contributed by atoms with E-state index >= 15 is 0 Å². The average molecular weight is 234 g/mol. The molecule has 2 unspecified atom stereocenters. The molecule has 2 atom stereocenters. The number of fused-ring (bicyclic) bond motifs is 2. The van der Waals surface area contributed by atoms with Crippen molar-refractivity contribution in [2.45, 2.75) is 24.9 Å². The summed E-state index contributed by atoms with van der Waals surface area (Å²) in [7, 11) is 0. The fourth-order valence-corrected chi connectivity index (χ4v) is 2.69. The van der Waals surface area contributed by atoms with Gasteiger partial charge in [0.2, 0.25) is 5.91 Å². The van der Waals surface area contributed by atoms with E-state index in [0.29, 0.717) is 13.2 Å². The molecule has 0 aromatic rings. The van der Waals surface area contributed by atoms with Gasteiger partial charge in [0, 0.05) is 12.0 Å². The van der Waals surface area contributed by atoms with Gasteiger partial charge in [-0.25, -0.2) is 0 Å². The first-order chi connectivity index (χ1) is 7.14. The van der Waals surface area contributed by atoms with Gasteiger partial charge in [0.15, 0.2) is 0 Å². The van der Waals surface area contributed by atoms with Crippen molar-refractivity contribution in [3.05, 3.63) is 0 Å². The Balaban J connectivity index is 1.91. The monoisotopic (exact) mass is 233 g/mol. The van der Waals surface area contributed by atoms with Crippen LogP contribution in [0.15, 0.2) is 0 Å². The number of amides is 1. The minimum atomic E-state index is -0.246. The molecule has 2 rings (SSSR count). The highest BCUT2D eigenvalue weighted by Crippen LogP contribution is 2.52. The van der Waals surface area contributed by atoms with Crippen LogP contribution in [0.3, 0.4) is 0 Å². The van der Waals surface area contributed by atoms with E-state index in [2.05, 4.69) is 5.32 Å². The second kappa shape index (κ2) is 3.92. The summed E-state index contributed by atoms with van der Waals surface area (Å²) in [5.41, 5.74) is -0.295. The van der Waals surface area contributed by atoms with Crippen LogP contribution >= 0.6 is 11.6 Å². The Hall–Kier alpha value is -0.320. The van der Waals surface area contributed by atoms with Gasteiger partial charge in [-0.15, -0.1) is 11.6 Å². The van der Waals surface area contributed by atoms with Crippen molar-refractivity contribution in [3.8, 4) is 0 Å². The van der Waals surface area contributed by atoms with E-state index < -0.39 is 0 Å². The number of aliphatic hydroxyl groups excluding tert-OH is 1. The summed E-state index contributed by atoms with van der Waals surface area (Å²) in [5.74, 6) is -0.177. The van der Waals surface area contributed by atoms with Gasteiger partial charge in [-0.2, -0.15) is 0 Å². The molecule has 5 heteroatoms. The van der Waals surface area contributed by atoms with Crippen LogP contribution in [-0.2, 0) is 9.53 Å². The molecule has 15 heavy (non-hydrogen) atoms. The van der Waals surface area contributed by atoms with Crippen LogP contribution in [0.1, 0.15) is 19.3 Å². The van der Waals surface area contributed by atoms with Crippen LogP contribution in [-0.4, -0.2) is 42.3 Å². The van der Waals surface area contributed by atoms with Crippen molar-refractivity contribution in [3.63, 3.8) is 0 Å². The van der Waals surface area contributed by atoms with Crippen molar-refractivity contribution >= 4 is 17.5 Å². The Morgan fingerprint density at radius 1 is 1.53 bits per heavy atom. The molecule has 2 fully saturated rings. The number of nitrogens with one attached hydrogen (secondary N) is 1. The van der Waals surface area contributed by atoms with Gasteiger partial charge >= 0.3 is 0 Å². The zero-order chi connectivity index (χ0) is 10.9. The third-order valence-corrected chi connectivity index (χ3v) is 3.80.